The van der Waals surface area contributed by atoms with E-state index >= 15 is 0 Å². The van der Waals surface area contributed by atoms with Gasteiger partial charge in [-0.2, -0.15) is 0 Å². The van der Waals surface area contributed by atoms with Gasteiger partial charge in [0.25, 0.3) is 0 Å². The highest BCUT2D eigenvalue weighted by Gasteiger charge is 2.18. The molecule has 0 fully saturated rings. The molecule has 0 aliphatic rings. The average Bonchev–Trinajstić information content (AvgIpc) is 3.39. The molecule has 1 amide bonds. The summed E-state index contributed by atoms with van der Waals surface area (Å²) in [6, 6.07) is -0.625. The summed E-state index contributed by atoms with van der Waals surface area (Å²) in [5.41, 5.74) is 0. The molecule has 0 aromatic rings. The molecule has 73 heavy (non-hydrogen) atoms. The number of allylic oxidation sites excluding steroid dienone is 3. The molecule has 6 nitrogen and oxygen atoms in total. The molecule has 0 spiro atoms. The van der Waals surface area contributed by atoms with Gasteiger partial charge in [0.2, 0.25) is 5.91 Å². The normalized spacial score (nSPS) is 12.7. The Labute approximate surface area is 456 Å². The minimum Gasteiger partial charge on any atom is -0.466 e. The molecular weight excluding hydrogens is 899 g/mol. The van der Waals surface area contributed by atoms with Crippen molar-refractivity contribution in [1.29, 1.82) is 0 Å². The largest absolute Gasteiger partial charge is 0.466 e. The molecule has 2 atom stereocenters. The molecule has 432 valence electrons. The Morgan fingerprint density at radius 2 is 0.644 bits per heavy atom. The van der Waals surface area contributed by atoms with Gasteiger partial charge in [0.1, 0.15) is 0 Å². The first kappa shape index (κ1) is 71.3. The third-order valence-electron chi connectivity index (χ3n) is 15.5. The molecule has 2 unspecified atom stereocenters. The fourth-order valence-electron chi connectivity index (χ4n) is 10.4. The summed E-state index contributed by atoms with van der Waals surface area (Å²) < 4.78 is 5.48. The number of hydrogen-bond donors (Lipinski definition) is 3. The molecule has 0 rings (SSSR count). The van der Waals surface area contributed by atoms with Crippen LogP contribution in [0.2, 0.25) is 0 Å². The first-order valence-corrected chi connectivity index (χ1v) is 33.1. The molecular formula is C67H129NO5. The van der Waals surface area contributed by atoms with Gasteiger partial charge in [0.05, 0.1) is 25.4 Å². The fraction of sp³-hybridized carbons (Fsp3) is 0.910. The van der Waals surface area contributed by atoms with Crippen LogP contribution in [0.4, 0.5) is 0 Å². The SMILES string of the molecule is CCCCCC/C=C\CCCCCCCC(=O)OCCCCCCCCCCCCCCCCCCCCCCCCCCCCCC(=O)NC(CO)C(O)/C=C/CCCCCCCCCCCCCCCC. The van der Waals surface area contributed by atoms with Gasteiger partial charge >= 0.3 is 5.97 Å². The van der Waals surface area contributed by atoms with Crippen LogP contribution in [-0.2, 0) is 14.3 Å². The number of amides is 1. The molecule has 0 aliphatic carbocycles. The first-order valence-electron chi connectivity index (χ1n) is 33.1. The molecule has 0 heterocycles. The minimum absolute atomic E-state index is 0.00879. The second-order valence-corrected chi connectivity index (χ2v) is 22.8. The zero-order valence-corrected chi connectivity index (χ0v) is 49.4. The zero-order chi connectivity index (χ0) is 52.9. The Balaban J connectivity index is 3.37. The predicted molar refractivity (Wildman–Crippen MR) is 320 cm³/mol. The molecule has 0 saturated heterocycles. The molecule has 6 heteroatoms. The van der Waals surface area contributed by atoms with Crippen molar-refractivity contribution in [3.63, 3.8) is 0 Å². The Kier molecular flexibility index (Phi) is 61.4. The number of aliphatic hydroxyl groups excluding tert-OH is 2. The van der Waals surface area contributed by atoms with Crippen LogP contribution in [0.15, 0.2) is 24.3 Å². The maximum absolute atomic E-state index is 12.5. The van der Waals surface area contributed by atoms with E-state index in [1.807, 2.05) is 6.08 Å². The molecule has 0 saturated carbocycles. The van der Waals surface area contributed by atoms with E-state index in [4.69, 9.17) is 4.74 Å². The summed E-state index contributed by atoms with van der Waals surface area (Å²) in [5, 5.41) is 23.2. The van der Waals surface area contributed by atoms with Crippen molar-refractivity contribution in [2.45, 2.75) is 379 Å². The van der Waals surface area contributed by atoms with Crippen LogP contribution in [-0.4, -0.2) is 47.4 Å². The molecule has 0 aromatic heterocycles. The highest BCUT2D eigenvalue weighted by molar-refractivity contribution is 5.76. The van der Waals surface area contributed by atoms with Crippen molar-refractivity contribution in [3.05, 3.63) is 24.3 Å². The van der Waals surface area contributed by atoms with E-state index in [1.54, 1.807) is 6.08 Å². The van der Waals surface area contributed by atoms with Crippen LogP contribution in [0, 0.1) is 0 Å². The average molecular weight is 1030 g/mol. The van der Waals surface area contributed by atoms with Crippen molar-refractivity contribution < 1.29 is 24.5 Å². The lowest BCUT2D eigenvalue weighted by Gasteiger charge is -2.20. The van der Waals surface area contributed by atoms with E-state index in [1.165, 1.54) is 295 Å². The van der Waals surface area contributed by atoms with E-state index in [9.17, 15) is 19.8 Å². The van der Waals surface area contributed by atoms with Crippen molar-refractivity contribution in [1.82, 2.24) is 5.32 Å². The van der Waals surface area contributed by atoms with Crippen molar-refractivity contribution >= 4 is 11.9 Å². The summed E-state index contributed by atoms with van der Waals surface area (Å²) >= 11 is 0. The van der Waals surface area contributed by atoms with Gasteiger partial charge in [-0.05, 0) is 57.8 Å². The quantitative estimate of drug-likeness (QED) is 0.0320. The topological polar surface area (TPSA) is 95.9 Å². The zero-order valence-electron chi connectivity index (χ0n) is 49.4. The smallest absolute Gasteiger partial charge is 0.305 e. The van der Waals surface area contributed by atoms with Crippen LogP contribution in [0.25, 0.3) is 0 Å². The predicted octanol–water partition coefficient (Wildman–Crippen LogP) is 21.0. The van der Waals surface area contributed by atoms with Gasteiger partial charge in [-0.15, -0.1) is 0 Å². The number of rotatable bonds is 62. The number of unbranched alkanes of at least 4 members (excludes halogenated alkanes) is 49. The number of esters is 1. The maximum Gasteiger partial charge on any atom is 0.305 e. The van der Waals surface area contributed by atoms with E-state index in [2.05, 4.69) is 31.3 Å². The van der Waals surface area contributed by atoms with Crippen LogP contribution in [0.5, 0.6) is 0 Å². The summed E-state index contributed by atoms with van der Waals surface area (Å²) in [5.74, 6) is -0.0540. The third-order valence-corrected chi connectivity index (χ3v) is 15.5. The molecule has 3 N–H and O–H groups in total. The molecule has 0 radical (unpaired) electrons. The van der Waals surface area contributed by atoms with Crippen molar-refractivity contribution in [2.75, 3.05) is 13.2 Å². The summed E-state index contributed by atoms with van der Waals surface area (Å²) in [4.78, 5) is 24.5. The first-order chi connectivity index (χ1) is 36.0. The summed E-state index contributed by atoms with van der Waals surface area (Å²) in [6.45, 7) is 4.91. The number of carbonyl (C=O) groups is 2. The van der Waals surface area contributed by atoms with Gasteiger partial charge in [0, 0.05) is 12.8 Å². The highest BCUT2D eigenvalue weighted by atomic mass is 16.5. The van der Waals surface area contributed by atoms with E-state index in [0.29, 0.717) is 19.4 Å². The minimum atomic E-state index is -0.842. The Morgan fingerprint density at radius 3 is 0.986 bits per heavy atom. The van der Waals surface area contributed by atoms with E-state index in [-0.39, 0.29) is 18.5 Å². The number of carbonyl (C=O) groups excluding carboxylic acids is 2. The lowest BCUT2D eigenvalue weighted by Crippen LogP contribution is -2.45. The number of hydrogen-bond acceptors (Lipinski definition) is 5. The fourth-order valence-corrected chi connectivity index (χ4v) is 10.4. The maximum atomic E-state index is 12.5. The van der Waals surface area contributed by atoms with Crippen LogP contribution < -0.4 is 5.32 Å². The third kappa shape index (κ3) is 59.4. The van der Waals surface area contributed by atoms with Gasteiger partial charge in [0.15, 0.2) is 0 Å². The van der Waals surface area contributed by atoms with Crippen molar-refractivity contribution in [2.24, 2.45) is 0 Å². The van der Waals surface area contributed by atoms with Crippen LogP contribution >= 0.6 is 0 Å². The standard InChI is InChI=1S/C67H129NO5/c1-3-5-7-9-11-13-15-17-18-32-36-39-43-47-51-55-59-65(70)64(63-69)68-66(71)60-56-52-48-44-40-37-33-30-28-26-24-22-20-19-21-23-25-27-29-31-34-38-42-46-50-54-58-62-73-67(72)61-57-53-49-45-41-35-16-14-12-10-8-6-4-2/h14,16,55,59,64-65,69-70H,3-13,15,17-54,56-58,60-63H2,1-2H3,(H,68,71)/b16-14-,59-55+. The molecule has 0 aromatic carbocycles. The molecule has 0 aliphatic heterocycles. The lowest BCUT2D eigenvalue weighted by atomic mass is 10.0. The van der Waals surface area contributed by atoms with Crippen LogP contribution in [0.1, 0.15) is 367 Å². The van der Waals surface area contributed by atoms with Gasteiger partial charge in [-0.3, -0.25) is 9.59 Å². The van der Waals surface area contributed by atoms with Gasteiger partial charge in [-0.1, -0.05) is 321 Å². The number of ether oxygens (including phenoxy) is 1. The Bertz CT molecular complexity index is 1140. The van der Waals surface area contributed by atoms with E-state index in [0.717, 1.165) is 44.9 Å². The summed E-state index contributed by atoms with van der Waals surface area (Å²) in [6.07, 6.45) is 78.1. The highest BCUT2D eigenvalue weighted by Crippen LogP contribution is 2.18. The second kappa shape index (κ2) is 62.9. The van der Waals surface area contributed by atoms with Gasteiger partial charge in [-0.25, -0.2) is 0 Å². The van der Waals surface area contributed by atoms with Gasteiger partial charge < -0.3 is 20.3 Å². The molecule has 0 bridgehead atoms. The number of aliphatic hydroxyl groups is 2. The summed E-state index contributed by atoms with van der Waals surface area (Å²) in [7, 11) is 0. The second-order valence-electron chi connectivity index (χ2n) is 22.8. The van der Waals surface area contributed by atoms with Crippen LogP contribution in [0.3, 0.4) is 0 Å². The van der Waals surface area contributed by atoms with Crippen molar-refractivity contribution in [3.8, 4) is 0 Å². The van der Waals surface area contributed by atoms with E-state index < -0.39 is 12.1 Å². The Hall–Kier alpha value is -1.66. The lowest BCUT2D eigenvalue weighted by molar-refractivity contribution is -0.143. The Morgan fingerprint density at radius 1 is 0.370 bits per heavy atom. The number of nitrogens with one attached hydrogen (secondary N) is 1. The monoisotopic (exact) mass is 1030 g/mol.